The molecule has 0 aromatic heterocycles. The molecule has 1 rings (SSSR count). The van der Waals surface area contributed by atoms with Gasteiger partial charge in [0.15, 0.2) is 0 Å². The van der Waals surface area contributed by atoms with Gasteiger partial charge in [0.25, 0.3) is 0 Å². The number of hydrogen-bond donors (Lipinski definition) is 1. The van der Waals surface area contributed by atoms with Crippen molar-refractivity contribution in [2.75, 3.05) is 20.3 Å². The zero-order chi connectivity index (χ0) is 10.0. The lowest BCUT2D eigenvalue weighted by Crippen LogP contribution is -2.43. The smallest absolute Gasteiger partial charge is 0.311 e. The van der Waals surface area contributed by atoms with E-state index >= 15 is 0 Å². The van der Waals surface area contributed by atoms with Crippen molar-refractivity contribution in [1.29, 1.82) is 0 Å². The number of carboxylic acid groups (broad SMARTS) is 1. The van der Waals surface area contributed by atoms with Crippen molar-refractivity contribution in [3.8, 4) is 0 Å². The molecule has 0 saturated carbocycles. The number of rotatable bonds is 2. The van der Waals surface area contributed by atoms with E-state index in [9.17, 15) is 9.59 Å². The number of carbonyl (C=O) groups is 2. The highest BCUT2D eigenvalue weighted by molar-refractivity contribution is 5.76. The van der Waals surface area contributed by atoms with Crippen molar-refractivity contribution < 1.29 is 19.4 Å². The van der Waals surface area contributed by atoms with Gasteiger partial charge in [0.2, 0.25) is 5.91 Å². The molecule has 0 bridgehead atoms. The fourth-order valence-corrected chi connectivity index (χ4v) is 1.39. The van der Waals surface area contributed by atoms with Crippen molar-refractivity contribution in [2.45, 2.75) is 13.0 Å². The largest absolute Gasteiger partial charge is 0.481 e. The van der Waals surface area contributed by atoms with E-state index in [-0.39, 0.29) is 18.6 Å². The van der Waals surface area contributed by atoms with Gasteiger partial charge in [-0.15, -0.1) is 0 Å². The molecular weight excluding hydrogens is 174 g/mol. The second-order valence-corrected chi connectivity index (χ2v) is 3.18. The Morgan fingerprint density at radius 2 is 2.08 bits per heavy atom. The van der Waals surface area contributed by atoms with E-state index in [1.54, 1.807) is 7.05 Å². The number of likely N-dealkylation sites (N-methyl/N-ethyl adjacent to an activating group) is 1. The summed E-state index contributed by atoms with van der Waals surface area (Å²) in [6, 6.07) is -0.324. The molecule has 1 saturated heterocycles. The zero-order valence-electron chi connectivity index (χ0n) is 7.69. The summed E-state index contributed by atoms with van der Waals surface area (Å²) in [4.78, 5) is 23.1. The van der Waals surface area contributed by atoms with Crippen LogP contribution in [0.2, 0.25) is 0 Å². The minimum absolute atomic E-state index is 0.137. The molecule has 0 aliphatic carbocycles. The maximum atomic E-state index is 11.0. The van der Waals surface area contributed by atoms with Crippen LogP contribution in [0, 0.1) is 5.92 Å². The summed E-state index contributed by atoms with van der Waals surface area (Å²) in [6.45, 7) is 1.92. The van der Waals surface area contributed by atoms with Crippen molar-refractivity contribution in [3.05, 3.63) is 0 Å². The lowest BCUT2D eigenvalue weighted by atomic mass is 10.0. The number of nitrogens with zero attached hydrogens (tertiary/aromatic N) is 1. The van der Waals surface area contributed by atoms with Gasteiger partial charge in [0.05, 0.1) is 19.3 Å². The van der Waals surface area contributed by atoms with Crippen LogP contribution in [0.1, 0.15) is 6.92 Å². The molecular formula is C8H13NO4. The lowest BCUT2D eigenvalue weighted by molar-refractivity contribution is -0.144. The number of hydrogen-bond acceptors (Lipinski definition) is 3. The van der Waals surface area contributed by atoms with Crippen LogP contribution in [0.15, 0.2) is 0 Å². The van der Waals surface area contributed by atoms with Gasteiger partial charge in [-0.05, 0) is 0 Å². The molecule has 74 valence electrons. The molecule has 1 N–H and O–H groups in total. The summed E-state index contributed by atoms with van der Waals surface area (Å²) in [5, 5.41) is 8.80. The molecule has 0 spiro atoms. The molecule has 1 fully saturated rings. The molecule has 2 unspecified atom stereocenters. The molecule has 13 heavy (non-hydrogen) atoms. The third-order valence-corrected chi connectivity index (χ3v) is 2.36. The summed E-state index contributed by atoms with van der Waals surface area (Å²) in [5.74, 6) is -1.63. The molecule has 1 aliphatic rings. The quantitative estimate of drug-likeness (QED) is 0.636. The van der Waals surface area contributed by atoms with E-state index in [0.717, 1.165) is 0 Å². The van der Waals surface area contributed by atoms with Crippen LogP contribution in [0.4, 0.5) is 0 Å². The van der Waals surface area contributed by atoms with E-state index in [1.807, 2.05) is 0 Å². The third-order valence-electron chi connectivity index (χ3n) is 2.36. The van der Waals surface area contributed by atoms with Crippen LogP contribution < -0.4 is 0 Å². The van der Waals surface area contributed by atoms with E-state index in [1.165, 1.54) is 11.8 Å². The lowest BCUT2D eigenvalue weighted by Gasteiger charge is -2.24. The van der Waals surface area contributed by atoms with Crippen LogP contribution in [0.5, 0.6) is 0 Å². The average molecular weight is 187 g/mol. The Morgan fingerprint density at radius 1 is 1.46 bits per heavy atom. The van der Waals surface area contributed by atoms with Gasteiger partial charge in [0.1, 0.15) is 5.92 Å². The molecule has 0 aromatic carbocycles. The normalized spacial score (nSPS) is 27.2. The highest BCUT2D eigenvalue weighted by Crippen LogP contribution is 2.18. The van der Waals surface area contributed by atoms with E-state index < -0.39 is 11.9 Å². The molecule has 2 atom stereocenters. The predicted molar refractivity (Wildman–Crippen MR) is 44.2 cm³/mol. The molecule has 1 heterocycles. The first-order valence-electron chi connectivity index (χ1n) is 4.08. The number of aliphatic carboxylic acids is 1. The summed E-state index contributed by atoms with van der Waals surface area (Å²) >= 11 is 0. The van der Waals surface area contributed by atoms with Crippen LogP contribution in [-0.2, 0) is 14.3 Å². The Morgan fingerprint density at radius 3 is 2.54 bits per heavy atom. The highest BCUT2D eigenvalue weighted by atomic mass is 16.5. The fourth-order valence-electron chi connectivity index (χ4n) is 1.39. The molecule has 1 aliphatic heterocycles. The number of carboxylic acids is 1. The molecule has 1 amide bonds. The summed E-state index contributed by atoms with van der Waals surface area (Å²) < 4.78 is 5.03. The summed E-state index contributed by atoms with van der Waals surface area (Å²) in [5.41, 5.74) is 0. The molecule has 5 nitrogen and oxygen atoms in total. The minimum Gasteiger partial charge on any atom is -0.481 e. The average Bonchev–Trinajstić information content (AvgIpc) is 2.50. The first kappa shape index (κ1) is 9.98. The molecule has 0 radical (unpaired) electrons. The highest BCUT2D eigenvalue weighted by Gasteiger charge is 2.37. The van der Waals surface area contributed by atoms with Gasteiger partial charge in [0, 0.05) is 14.0 Å². The maximum absolute atomic E-state index is 11.0. The Bertz CT molecular complexity index is 228. The topological polar surface area (TPSA) is 66.8 Å². The van der Waals surface area contributed by atoms with Gasteiger partial charge < -0.3 is 14.7 Å². The molecule has 0 aromatic rings. The van der Waals surface area contributed by atoms with Gasteiger partial charge in [-0.25, -0.2) is 0 Å². The standard InChI is InChI=1S/C8H13NO4/c1-5(10)9(2)7-4-13-3-6(7)8(11)12/h6-7H,3-4H2,1-2H3,(H,11,12). The van der Waals surface area contributed by atoms with Crippen LogP contribution in [0.25, 0.3) is 0 Å². The Balaban J connectivity index is 2.68. The maximum Gasteiger partial charge on any atom is 0.311 e. The predicted octanol–water partition coefficient (Wildman–Crippen LogP) is -0.436. The van der Waals surface area contributed by atoms with Gasteiger partial charge in [-0.3, -0.25) is 9.59 Å². The number of ether oxygens (including phenoxy) is 1. The third kappa shape index (κ3) is 1.98. The van der Waals surface area contributed by atoms with Crippen molar-refractivity contribution in [2.24, 2.45) is 5.92 Å². The van der Waals surface area contributed by atoms with Crippen molar-refractivity contribution in [1.82, 2.24) is 4.90 Å². The second kappa shape index (κ2) is 3.74. The van der Waals surface area contributed by atoms with E-state index in [0.29, 0.717) is 6.61 Å². The van der Waals surface area contributed by atoms with Crippen LogP contribution in [0.3, 0.4) is 0 Å². The van der Waals surface area contributed by atoms with Crippen LogP contribution >= 0.6 is 0 Å². The Hall–Kier alpha value is -1.10. The summed E-state index contributed by atoms with van der Waals surface area (Å²) in [6.07, 6.45) is 0. The van der Waals surface area contributed by atoms with Crippen molar-refractivity contribution in [3.63, 3.8) is 0 Å². The van der Waals surface area contributed by atoms with Crippen molar-refractivity contribution >= 4 is 11.9 Å². The Labute approximate surface area is 76.3 Å². The second-order valence-electron chi connectivity index (χ2n) is 3.18. The van der Waals surface area contributed by atoms with Gasteiger partial charge in [-0.2, -0.15) is 0 Å². The first-order valence-corrected chi connectivity index (χ1v) is 4.08. The Kier molecular flexibility index (Phi) is 2.87. The van der Waals surface area contributed by atoms with E-state index in [2.05, 4.69) is 0 Å². The zero-order valence-corrected chi connectivity index (χ0v) is 7.69. The summed E-state index contributed by atoms with van der Waals surface area (Å²) in [7, 11) is 1.59. The number of amides is 1. The SMILES string of the molecule is CC(=O)N(C)C1COCC1C(=O)O. The van der Waals surface area contributed by atoms with Crippen LogP contribution in [-0.4, -0.2) is 48.2 Å². The minimum atomic E-state index is -0.907. The monoisotopic (exact) mass is 187 g/mol. The van der Waals surface area contributed by atoms with E-state index in [4.69, 9.17) is 9.84 Å². The fraction of sp³-hybridized carbons (Fsp3) is 0.750. The van der Waals surface area contributed by atoms with Gasteiger partial charge >= 0.3 is 5.97 Å². The first-order chi connectivity index (χ1) is 6.04. The number of carbonyl (C=O) groups excluding carboxylic acids is 1. The molecule has 5 heteroatoms. The van der Waals surface area contributed by atoms with Gasteiger partial charge in [-0.1, -0.05) is 0 Å².